The first-order chi connectivity index (χ1) is 14.4. The number of nitrogens with zero attached hydrogens (tertiary/aromatic N) is 3. The summed E-state index contributed by atoms with van der Waals surface area (Å²) in [5.74, 6) is -0.541. The zero-order valence-electron chi connectivity index (χ0n) is 17.2. The fourth-order valence-electron chi connectivity index (χ4n) is 3.59. The summed E-state index contributed by atoms with van der Waals surface area (Å²) in [7, 11) is 1.70. The van der Waals surface area contributed by atoms with Crippen molar-refractivity contribution in [1.29, 1.82) is 0 Å². The molecule has 30 heavy (non-hydrogen) atoms. The number of hydrogen-bond acceptors (Lipinski definition) is 5. The van der Waals surface area contributed by atoms with Crippen LogP contribution >= 0.6 is 11.6 Å². The summed E-state index contributed by atoms with van der Waals surface area (Å²) < 4.78 is 1.70. The second kappa shape index (κ2) is 9.90. The van der Waals surface area contributed by atoms with Crippen LogP contribution in [0.4, 0.5) is 5.69 Å². The third-order valence-electron chi connectivity index (χ3n) is 5.17. The molecule has 5 N–H and O–H groups in total. The fraction of sp³-hybridized carbons (Fsp3) is 0.333. The van der Waals surface area contributed by atoms with Crippen LogP contribution in [0.1, 0.15) is 28.9 Å². The molecule has 0 aliphatic rings. The summed E-state index contributed by atoms with van der Waals surface area (Å²) in [6.07, 6.45) is 3.29. The zero-order valence-corrected chi connectivity index (χ0v) is 17.9. The summed E-state index contributed by atoms with van der Waals surface area (Å²) in [6.45, 7) is 4.58. The van der Waals surface area contributed by atoms with E-state index in [-0.39, 0.29) is 6.04 Å². The van der Waals surface area contributed by atoms with Gasteiger partial charge in [-0.2, -0.15) is 10.2 Å². The first-order valence-corrected chi connectivity index (χ1v) is 10.3. The van der Waals surface area contributed by atoms with Crippen molar-refractivity contribution in [3.05, 3.63) is 64.9 Å². The number of rotatable bonds is 10. The summed E-state index contributed by atoms with van der Waals surface area (Å²) in [5, 5.41) is 18.4. The van der Waals surface area contributed by atoms with Crippen molar-refractivity contribution >= 4 is 28.7 Å². The molecule has 0 saturated heterocycles. The molecule has 1 amide bonds. The van der Waals surface area contributed by atoms with Gasteiger partial charge in [0.15, 0.2) is 0 Å². The van der Waals surface area contributed by atoms with E-state index in [9.17, 15) is 10.0 Å². The molecule has 3 aromatic rings. The monoisotopic (exact) mass is 431 g/mol. The van der Waals surface area contributed by atoms with Crippen molar-refractivity contribution < 1.29 is 15.1 Å². The molecule has 2 heterocycles. The van der Waals surface area contributed by atoms with Gasteiger partial charge >= 0.3 is 0 Å². The van der Waals surface area contributed by atoms with Crippen molar-refractivity contribution in [1.82, 2.24) is 14.5 Å². The van der Waals surface area contributed by atoms with Crippen LogP contribution < -0.4 is 16.1 Å². The maximum atomic E-state index is 12.0. The van der Waals surface area contributed by atoms with Crippen molar-refractivity contribution in [2.45, 2.75) is 13.0 Å². The maximum absolute atomic E-state index is 12.0. The highest BCUT2D eigenvalue weighted by molar-refractivity contribution is 6.31. The van der Waals surface area contributed by atoms with E-state index in [1.807, 2.05) is 42.6 Å². The molecule has 2 atom stereocenters. The zero-order chi connectivity index (χ0) is 21.7. The van der Waals surface area contributed by atoms with Gasteiger partial charge in [0, 0.05) is 17.8 Å². The Morgan fingerprint density at radius 3 is 2.80 bits per heavy atom. The van der Waals surface area contributed by atoms with Crippen LogP contribution in [0.25, 0.3) is 5.52 Å². The number of nitrogens with one attached hydrogen (secondary N) is 2. The normalized spacial score (nSPS) is 13.5. The lowest BCUT2D eigenvalue weighted by atomic mass is 10.0. The van der Waals surface area contributed by atoms with Gasteiger partial charge in [-0.05, 0) is 30.3 Å². The molecule has 0 fully saturated rings. The van der Waals surface area contributed by atoms with Gasteiger partial charge in [0.1, 0.15) is 6.54 Å². The molecule has 3 rings (SSSR count). The molecule has 0 radical (unpaired) electrons. The number of carbonyl (C=O) groups is 1. The molecule has 1 aromatic carbocycles. The lowest BCUT2D eigenvalue weighted by Crippen LogP contribution is -3.07. The topological polar surface area (TPSA) is 100 Å². The highest BCUT2D eigenvalue weighted by atomic mass is 35.5. The van der Waals surface area contributed by atoms with E-state index in [0.717, 1.165) is 17.6 Å². The van der Waals surface area contributed by atoms with Crippen LogP contribution in [-0.4, -0.2) is 58.9 Å². The Hall–Kier alpha value is -2.65. The number of quaternary nitrogens is 1. The third kappa shape index (κ3) is 4.91. The Kier molecular flexibility index (Phi) is 7.28. The largest absolute Gasteiger partial charge is 0.381 e. The Morgan fingerprint density at radius 2 is 2.13 bits per heavy atom. The van der Waals surface area contributed by atoms with E-state index in [0.29, 0.717) is 41.0 Å². The highest BCUT2D eigenvalue weighted by Crippen LogP contribution is 2.29. The molecule has 2 aromatic heterocycles. The Bertz CT molecular complexity index is 1010. The smallest absolute Gasteiger partial charge is 0.252 e. The number of likely N-dealkylation sites (N-methyl/N-ethyl adjacent to an activating group) is 2. The molecule has 0 saturated carbocycles. The molecule has 160 valence electrons. The second-order valence-corrected chi connectivity index (χ2v) is 7.57. The molecule has 9 heteroatoms. The van der Waals surface area contributed by atoms with Crippen LogP contribution in [0.15, 0.2) is 48.8 Å². The van der Waals surface area contributed by atoms with Crippen LogP contribution in [0.2, 0.25) is 5.02 Å². The summed E-state index contributed by atoms with van der Waals surface area (Å²) in [5.41, 5.74) is 8.31. The number of hydrogen-bond donors (Lipinski definition) is 4. The molecule has 0 aliphatic heterocycles. The van der Waals surface area contributed by atoms with Gasteiger partial charge in [0.25, 0.3) is 5.91 Å². The van der Waals surface area contributed by atoms with E-state index in [1.165, 1.54) is 6.20 Å². The van der Waals surface area contributed by atoms with Gasteiger partial charge in [-0.3, -0.25) is 9.69 Å². The molecular weight excluding hydrogens is 404 g/mol. The SMILES string of the molecule is CCN(CC[NH+](C)O)C(CNc1c(C(N)=O)cnn2cccc12)c1ccccc1Cl. The average molecular weight is 432 g/mol. The van der Waals surface area contributed by atoms with E-state index in [1.54, 1.807) is 11.6 Å². The molecule has 0 bridgehead atoms. The first kappa shape index (κ1) is 22.0. The van der Waals surface area contributed by atoms with Crippen molar-refractivity contribution in [2.24, 2.45) is 5.73 Å². The van der Waals surface area contributed by atoms with Crippen molar-refractivity contribution in [3.63, 3.8) is 0 Å². The van der Waals surface area contributed by atoms with Crippen LogP contribution in [0.5, 0.6) is 0 Å². The van der Waals surface area contributed by atoms with Crippen LogP contribution in [0, 0.1) is 0 Å². The third-order valence-corrected chi connectivity index (χ3v) is 5.52. The minimum absolute atomic E-state index is 0.0769. The average Bonchev–Trinajstić information content (AvgIpc) is 3.19. The molecule has 2 unspecified atom stereocenters. The highest BCUT2D eigenvalue weighted by Gasteiger charge is 2.23. The quantitative estimate of drug-likeness (QED) is 0.364. The van der Waals surface area contributed by atoms with Gasteiger partial charge in [-0.15, -0.1) is 0 Å². The Balaban J connectivity index is 1.95. The van der Waals surface area contributed by atoms with E-state index < -0.39 is 5.91 Å². The minimum Gasteiger partial charge on any atom is -0.381 e. The van der Waals surface area contributed by atoms with Crippen LogP contribution in [-0.2, 0) is 0 Å². The summed E-state index contributed by atoms with van der Waals surface area (Å²) in [4.78, 5) is 14.2. The number of hydroxylamine groups is 2. The molecule has 8 nitrogen and oxygen atoms in total. The summed E-state index contributed by atoms with van der Waals surface area (Å²) >= 11 is 6.53. The number of halogens is 1. The number of nitrogens with two attached hydrogens (primary N) is 1. The summed E-state index contributed by atoms with van der Waals surface area (Å²) in [6, 6.07) is 11.4. The number of benzene rings is 1. The van der Waals surface area contributed by atoms with Gasteiger partial charge in [0.05, 0.1) is 42.6 Å². The van der Waals surface area contributed by atoms with Crippen LogP contribution in [0.3, 0.4) is 0 Å². The van der Waals surface area contributed by atoms with Gasteiger partial charge in [0.2, 0.25) is 0 Å². The van der Waals surface area contributed by atoms with Crippen molar-refractivity contribution in [2.75, 3.05) is 38.5 Å². The first-order valence-electron chi connectivity index (χ1n) is 9.92. The minimum atomic E-state index is -0.541. The number of anilines is 1. The number of amides is 1. The fourth-order valence-corrected chi connectivity index (χ4v) is 3.85. The molecule has 0 aliphatic carbocycles. The van der Waals surface area contributed by atoms with E-state index in [2.05, 4.69) is 22.2 Å². The maximum Gasteiger partial charge on any atom is 0.252 e. The van der Waals surface area contributed by atoms with E-state index in [4.69, 9.17) is 17.3 Å². The molecule has 0 spiro atoms. The number of fused-ring (bicyclic) bond motifs is 1. The standard InChI is InChI=1S/C21H27ClN6O2/c1-3-27(12-11-26(2)30)19(15-7-4-5-8-17(15)22)14-24-20-16(21(23)29)13-25-28-10-6-9-18(20)28/h4-10,13,19,24,30H,3,11-12,14H2,1-2H3,(H2,23,29)/p+1. The number of primary amides is 1. The number of carbonyl (C=O) groups excluding carboxylic acids is 1. The predicted molar refractivity (Wildman–Crippen MR) is 117 cm³/mol. The van der Waals surface area contributed by atoms with Gasteiger partial charge in [-0.1, -0.05) is 36.7 Å². The van der Waals surface area contributed by atoms with E-state index >= 15 is 0 Å². The lowest BCUT2D eigenvalue weighted by molar-refractivity contribution is -1.07. The molecular formula is C21H28ClN6O2+. The number of aromatic nitrogens is 2. The Labute approximate surface area is 180 Å². The Morgan fingerprint density at radius 1 is 1.37 bits per heavy atom. The second-order valence-electron chi connectivity index (χ2n) is 7.17. The lowest BCUT2D eigenvalue weighted by Gasteiger charge is -2.32. The van der Waals surface area contributed by atoms with Gasteiger partial charge < -0.3 is 11.1 Å². The predicted octanol–water partition coefficient (Wildman–Crippen LogP) is 1.47. The van der Waals surface area contributed by atoms with Gasteiger partial charge in [-0.25, -0.2) is 9.72 Å². The van der Waals surface area contributed by atoms with Crippen molar-refractivity contribution in [3.8, 4) is 0 Å².